The minimum Gasteiger partial charge on any atom is -0.512 e. The first-order chi connectivity index (χ1) is 42.7. The molecular formula is C81H138BN3NaO9. The van der Waals surface area contributed by atoms with Crippen molar-refractivity contribution in [1.82, 2.24) is 5.32 Å². The molecular weight excluding hydrogens is 1190 g/mol. The molecule has 12 nitrogen and oxygen atoms in total. The zero-order valence-corrected chi connectivity index (χ0v) is 67.6. The summed E-state index contributed by atoms with van der Waals surface area (Å²) < 4.78 is 27.3. The van der Waals surface area contributed by atoms with E-state index in [0.29, 0.717) is 72.4 Å². The van der Waals surface area contributed by atoms with Gasteiger partial charge in [-0.1, -0.05) is 183 Å². The first-order valence-corrected chi connectivity index (χ1v) is 37.1. The molecule has 0 unspecified atom stereocenters. The van der Waals surface area contributed by atoms with Crippen LogP contribution in [0.2, 0.25) is 0 Å². The van der Waals surface area contributed by atoms with Gasteiger partial charge in [0.25, 0.3) is 0 Å². The van der Waals surface area contributed by atoms with Crippen molar-refractivity contribution in [3.05, 3.63) is 29.9 Å². The number of aliphatic carboxylic acids is 2. The fourth-order valence-electron chi connectivity index (χ4n) is 24.4. The third-order valence-electron chi connectivity index (χ3n) is 31.8. The standard InChI is InChI=1S/C40H69NO4.C38H65NO4.C2H4O.CN.B.Na/c1-14-41-39(13,34(6,7)8)23-45-32-26(4)21-40-24-44-22-36(32,10)30(40)16-15-28-29(40)17-18-38(12)31(33(42)43)35(9,27(5)25(2)3)19-20-37(28,38)11;1-23(2)25(4)33(8)17-18-35(10)26-13-14-28-34(9)20-42-22-38(28,27(26)15-16-36(35,11)29(33)31(40)41)19-24(3)30(34)43-21-37(12,39)32(5,6)7;1-2-3;1-2;;/h17,25-28,30-32,41H,14-16,18-24H2,1-13H3,(H,42,43);15,23-26,28-30H,13-14,16-22,39H2,1-12H3,(H,40,41);2H,1H3;;;/q;;;-1;;+1/t26-,27-,28+,30+,31-,32+,35-,36-,37-,38+,39+,40+;24-,25-,26+,28+,29-,30+,33-,34-,35-,36+,37+,38+;;;;/m11..../s1. The summed E-state index contributed by atoms with van der Waals surface area (Å²) in [6.45, 7) is 69.4. The molecule has 0 spiro atoms. The van der Waals surface area contributed by atoms with Crippen molar-refractivity contribution < 1.29 is 73.1 Å². The van der Waals surface area contributed by atoms with E-state index >= 15 is 0 Å². The number of carbonyl (C=O) groups excluding carboxylic acids is 1. The summed E-state index contributed by atoms with van der Waals surface area (Å²) in [6, 6.07) is 0. The van der Waals surface area contributed by atoms with Gasteiger partial charge < -0.3 is 56.8 Å². The molecule has 95 heavy (non-hydrogen) atoms. The van der Waals surface area contributed by atoms with E-state index in [0.717, 1.165) is 110 Å². The monoisotopic (exact) mass is 1330 g/mol. The van der Waals surface area contributed by atoms with Crippen LogP contribution in [0.15, 0.2) is 23.3 Å². The van der Waals surface area contributed by atoms with Crippen molar-refractivity contribution in [2.45, 2.75) is 280 Å². The molecule has 0 aromatic rings. The van der Waals surface area contributed by atoms with Gasteiger partial charge in [-0.3, -0.25) is 9.59 Å². The van der Waals surface area contributed by atoms with Gasteiger partial charge in [0.05, 0.1) is 63.7 Å². The number of hydrogen-bond donors (Lipinski definition) is 4. The predicted molar refractivity (Wildman–Crippen MR) is 381 cm³/mol. The number of ether oxygens (including phenoxy) is 4. The Bertz CT molecular complexity index is 2790. The molecule has 3 radical (unpaired) electrons. The SMILES string of the molecule is CC(C)[C@@H](C)[C@@]1(C)CC[C@]2(C)[C@H]3CC[C@@H]4[C@@]5(COC[C@@]4(C)[C@@H](OC[C@](C)(N)C(C)(C)C)[C@H](C)C5)C3=CC[C@@]2(C)[C@@H]1C(=O)O.CC=O.CCN[C@@](C)(CO[C@H]1[C@H](C)C[C@@]23COC[C@]1(C)[C@@H]2CC[C@H]1C3=CC[C@@]2(C)[C@H](C(=O)O)[C@@](C)([C@H](C)C(C)C)CC[C@]12C)C(C)(C)C.[B].[C-]#N.[Na+]. The van der Waals surface area contributed by atoms with Crippen LogP contribution in [0, 0.1) is 148 Å². The van der Waals surface area contributed by atoms with E-state index in [9.17, 15) is 19.8 Å². The average Bonchev–Trinajstić information content (AvgIpc) is 0.680. The fraction of sp³-hybridized carbons (Fsp3) is 0.901. The third-order valence-corrected chi connectivity index (χ3v) is 31.8. The summed E-state index contributed by atoms with van der Waals surface area (Å²) >= 11 is 0. The van der Waals surface area contributed by atoms with E-state index < -0.39 is 17.5 Å². The van der Waals surface area contributed by atoms with Gasteiger partial charge in [0.1, 0.15) is 6.29 Å². The molecule has 2 heterocycles. The van der Waals surface area contributed by atoms with Crippen molar-refractivity contribution in [3.63, 3.8) is 0 Å². The van der Waals surface area contributed by atoms with Crippen molar-refractivity contribution in [2.75, 3.05) is 46.2 Å². The van der Waals surface area contributed by atoms with E-state index in [2.05, 4.69) is 191 Å². The topological polar surface area (TPSA) is 190 Å². The number of allylic oxidation sites excluding steroid dienone is 2. The number of likely N-dealkylation sites (N-methyl/N-ethyl adjacent to an activating group) is 1. The molecule has 2 aliphatic heterocycles. The van der Waals surface area contributed by atoms with Crippen molar-refractivity contribution >= 4 is 26.6 Å². The minimum absolute atomic E-state index is 0. The maximum absolute atomic E-state index is 13.4. The zero-order chi connectivity index (χ0) is 70.5. The third kappa shape index (κ3) is 13.1. The number of carbonyl (C=O) groups is 3. The Morgan fingerprint density at radius 2 is 0.979 bits per heavy atom. The van der Waals surface area contributed by atoms with Gasteiger partial charge in [0.15, 0.2) is 0 Å². The first kappa shape index (κ1) is 84.1. The quantitative estimate of drug-likeness (QED) is 0.0558. The molecule has 10 aliphatic rings. The van der Waals surface area contributed by atoms with E-state index in [-0.39, 0.29) is 133 Å². The van der Waals surface area contributed by atoms with Gasteiger partial charge in [-0.2, -0.15) is 0 Å². The minimum atomic E-state index is -0.589. The van der Waals surface area contributed by atoms with Gasteiger partial charge in [0, 0.05) is 41.2 Å². The summed E-state index contributed by atoms with van der Waals surface area (Å²) in [5.74, 6) is 2.45. The second kappa shape index (κ2) is 28.9. The van der Waals surface area contributed by atoms with Crippen LogP contribution in [0.25, 0.3) is 0 Å². The Balaban J connectivity index is 0.000000316. The van der Waals surface area contributed by atoms with Gasteiger partial charge in [-0.05, 0) is 207 Å². The molecule has 4 bridgehead atoms. The number of nitrogens with zero attached hydrogens (tertiary/aromatic N) is 1. The van der Waals surface area contributed by atoms with E-state index in [1.165, 1.54) is 13.3 Å². The van der Waals surface area contributed by atoms with Crippen LogP contribution in [0.1, 0.15) is 257 Å². The summed E-state index contributed by atoms with van der Waals surface area (Å²) in [5, 5.41) is 31.9. The van der Waals surface area contributed by atoms with Crippen LogP contribution < -0.4 is 40.6 Å². The normalized spacial score (nSPS) is 44.2. The van der Waals surface area contributed by atoms with Crippen LogP contribution in [-0.4, -0.2) is 106 Å². The summed E-state index contributed by atoms with van der Waals surface area (Å²) in [5.41, 5.74) is 8.40. The van der Waals surface area contributed by atoms with Crippen LogP contribution >= 0.6 is 0 Å². The molecule has 14 heteroatoms. The summed E-state index contributed by atoms with van der Waals surface area (Å²) in [6.07, 6.45) is 18.9. The van der Waals surface area contributed by atoms with Crippen LogP contribution in [-0.2, 0) is 33.3 Å². The molecule has 6 saturated carbocycles. The Kier molecular flexibility index (Phi) is 25.6. The Labute approximate surface area is 604 Å². The first-order valence-electron chi connectivity index (χ1n) is 37.1. The number of fused-ring (bicyclic) bond motifs is 6. The van der Waals surface area contributed by atoms with E-state index in [1.807, 2.05) is 0 Å². The molecule has 0 aromatic heterocycles. The van der Waals surface area contributed by atoms with Crippen LogP contribution in [0.3, 0.4) is 0 Å². The zero-order valence-electron chi connectivity index (χ0n) is 65.6. The molecule has 5 N–H and O–H groups in total. The number of nitrogens with two attached hydrogens (primary N) is 1. The van der Waals surface area contributed by atoms with Crippen LogP contribution in [0.5, 0.6) is 0 Å². The van der Waals surface area contributed by atoms with Gasteiger partial charge in [0.2, 0.25) is 0 Å². The molecule has 8 aliphatic carbocycles. The largest absolute Gasteiger partial charge is 1.00 e. The molecule has 0 amide bonds. The maximum Gasteiger partial charge on any atom is 1.00 e. The Morgan fingerprint density at radius 3 is 1.28 bits per heavy atom. The Hall–Kier alpha value is -1.60. The second-order valence-corrected chi connectivity index (χ2v) is 38.5. The summed E-state index contributed by atoms with van der Waals surface area (Å²) in [4.78, 5) is 35.5. The van der Waals surface area contributed by atoms with Gasteiger partial charge in [-0.15, -0.1) is 0 Å². The molecule has 2 saturated heterocycles. The molecule has 10 rings (SSSR count). The smallest absolute Gasteiger partial charge is 0.512 e. The van der Waals surface area contributed by atoms with Crippen molar-refractivity contribution in [2.24, 2.45) is 142 Å². The number of carboxylic acid groups (broad SMARTS) is 2. The second-order valence-electron chi connectivity index (χ2n) is 38.5. The van der Waals surface area contributed by atoms with Gasteiger partial charge in [-0.25, -0.2) is 0 Å². The predicted octanol–water partition coefficient (Wildman–Crippen LogP) is 14.3. The van der Waals surface area contributed by atoms with E-state index in [4.69, 9.17) is 41.3 Å². The van der Waals surface area contributed by atoms with Crippen LogP contribution in [0.4, 0.5) is 0 Å². The number of rotatable bonds is 14. The number of hydrogen-bond acceptors (Lipinski definition) is 10. The van der Waals surface area contributed by atoms with Gasteiger partial charge >= 0.3 is 41.5 Å². The summed E-state index contributed by atoms with van der Waals surface area (Å²) in [7, 11) is 0. The van der Waals surface area contributed by atoms with Crippen molar-refractivity contribution in [3.8, 4) is 0 Å². The number of nitrogens with one attached hydrogen (secondary N) is 1. The average molecular weight is 1330 g/mol. The fourth-order valence-corrected chi connectivity index (χ4v) is 24.4. The Morgan fingerprint density at radius 1 is 0.632 bits per heavy atom. The molecule has 535 valence electrons. The van der Waals surface area contributed by atoms with Crippen molar-refractivity contribution in [1.29, 1.82) is 5.26 Å². The number of aldehydes is 1. The molecule has 24 atom stereocenters. The van der Waals surface area contributed by atoms with E-state index in [1.54, 1.807) is 11.1 Å². The molecule has 0 aromatic carbocycles. The molecule has 8 fully saturated rings. The number of carboxylic acids is 2. The maximum atomic E-state index is 13.4.